The standard InChI is InChI=1S/C20H25N5O5S/c21-19(26)17-13-16(22-23-17)18-3-1-2-8-25(18)20(27)14-4-6-15(7-5-14)31(28,29)24-9-11-30-12-10-24/h4-7,13,18H,1-3,8-12H2,(H2,21,26)(H,22,23)/t18-/m0/s1. The van der Waals surface area contributed by atoms with Crippen LogP contribution in [0.1, 0.15) is 51.8 Å². The maximum atomic E-state index is 13.2. The van der Waals surface area contributed by atoms with Crippen molar-refractivity contribution in [3.05, 3.63) is 47.3 Å². The molecule has 1 aromatic heterocycles. The van der Waals surface area contributed by atoms with Crippen molar-refractivity contribution < 1.29 is 22.7 Å². The number of morpholine rings is 1. The zero-order valence-electron chi connectivity index (χ0n) is 17.0. The number of primary amides is 1. The van der Waals surface area contributed by atoms with Crippen LogP contribution in [0, 0.1) is 0 Å². The van der Waals surface area contributed by atoms with E-state index in [9.17, 15) is 18.0 Å². The van der Waals surface area contributed by atoms with Gasteiger partial charge in [0.1, 0.15) is 5.69 Å². The van der Waals surface area contributed by atoms with E-state index in [0.717, 1.165) is 19.3 Å². The molecule has 2 aromatic rings. The van der Waals surface area contributed by atoms with E-state index in [0.29, 0.717) is 44.1 Å². The number of carbonyl (C=O) groups excluding carboxylic acids is 2. The van der Waals surface area contributed by atoms with E-state index in [2.05, 4.69) is 10.2 Å². The monoisotopic (exact) mass is 447 g/mol. The number of nitrogens with one attached hydrogen (secondary N) is 1. The van der Waals surface area contributed by atoms with E-state index in [1.54, 1.807) is 23.1 Å². The number of sulfonamides is 1. The van der Waals surface area contributed by atoms with Gasteiger partial charge in [-0.1, -0.05) is 0 Å². The molecule has 0 unspecified atom stereocenters. The number of likely N-dealkylation sites (tertiary alicyclic amines) is 1. The number of aromatic amines is 1. The maximum Gasteiger partial charge on any atom is 0.269 e. The smallest absolute Gasteiger partial charge is 0.269 e. The zero-order valence-corrected chi connectivity index (χ0v) is 17.8. The molecule has 4 rings (SSSR count). The number of hydrogen-bond donors (Lipinski definition) is 2. The predicted molar refractivity (Wildman–Crippen MR) is 111 cm³/mol. The lowest BCUT2D eigenvalue weighted by atomic mass is 9.98. The van der Waals surface area contributed by atoms with Crippen molar-refractivity contribution in [3.63, 3.8) is 0 Å². The fraction of sp³-hybridized carbons (Fsp3) is 0.450. The summed E-state index contributed by atoms with van der Waals surface area (Å²) in [4.78, 5) is 26.5. The Kier molecular flexibility index (Phi) is 6.08. The molecule has 2 amide bonds. The first-order chi connectivity index (χ1) is 14.9. The molecule has 2 saturated heterocycles. The topological polar surface area (TPSA) is 139 Å². The molecule has 11 heteroatoms. The van der Waals surface area contributed by atoms with Gasteiger partial charge in [-0.05, 0) is 49.6 Å². The number of carbonyl (C=O) groups is 2. The van der Waals surface area contributed by atoms with Crippen LogP contribution < -0.4 is 5.73 Å². The molecule has 3 heterocycles. The normalized spacial score (nSPS) is 20.5. The lowest BCUT2D eigenvalue weighted by Crippen LogP contribution is -2.40. The highest BCUT2D eigenvalue weighted by atomic mass is 32.2. The van der Waals surface area contributed by atoms with Crippen LogP contribution in [-0.4, -0.2) is 72.5 Å². The first-order valence-electron chi connectivity index (χ1n) is 10.2. The van der Waals surface area contributed by atoms with Gasteiger partial charge in [-0.3, -0.25) is 14.7 Å². The highest BCUT2D eigenvalue weighted by Crippen LogP contribution is 2.31. The number of nitrogens with zero attached hydrogens (tertiary/aromatic N) is 3. The second kappa shape index (κ2) is 8.77. The number of benzene rings is 1. The summed E-state index contributed by atoms with van der Waals surface area (Å²) in [6.07, 6.45) is 2.54. The number of hydrogen-bond acceptors (Lipinski definition) is 6. The Morgan fingerprint density at radius 3 is 2.45 bits per heavy atom. The van der Waals surface area contributed by atoms with Gasteiger partial charge >= 0.3 is 0 Å². The number of nitrogens with two attached hydrogens (primary N) is 1. The third-order valence-electron chi connectivity index (χ3n) is 5.68. The Morgan fingerprint density at radius 1 is 1.10 bits per heavy atom. The Morgan fingerprint density at radius 2 is 1.81 bits per heavy atom. The van der Waals surface area contributed by atoms with Crippen molar-refractivity contribution in [2.45, 2.75) is 30.2 Å². The second-order valence-corrected chi connectivity index (χ2v) is 9.56. The molecule has 2 aliphatic rings. The molecule has 2 aliphatic heterocycles. The van der Waals surface area contributed by atoms with Crippen molar-refractivity contribution >= 4 is 21.8 Å². The van der Waals surface area contributed by atoms with Gasteiger partial charge in [-0.15, -0.1) is 0 Å². The summed E-state index contributed by atoms with van der Waals surface area (Å²) < 4.78 is 32.2. The van der Waals surface area contributed by atoms with Gasteiger partial charge in [0.25, 0.3) is 11.8 Å². The van der Waals surface area contributed by atoms with Gasteiger partial charge in [0.2, 0.25) is 10.0 Å². The van der Waals surface area contributed by atoms with E-state index in [1.807, 2.05) is 0 Å². The molecule has 1 atom stereocenters. The van der Waals surface area contributed by atoms with Gasteiger partial charge in [0.05, 0.1) is 29.8 Å². The summed E-state index contributed by atoms with van der Waals surface area (Å²) in [5.41, 5.74) is 6.48. The van der Waals surface area contributed by atoms with E-state index in [1.165, 1.54) is 16.4 Å². The van der Waals surface area contributed by atoms with Crippen molar-refractivity contribution in [1.82, 2.24) is 19.4 Å². The molecule has 0 bridgehead atoms. The van der Waals surface area contributed by atoms with Crippen molar-refractivity contribution in [1.29, 1.82) is 0 Å². The summed E-state index contributed by atoms with van der Waals surface area (Å²) in [6, 6.07) is 7.36. The number of piperidine rings is 1. The number of aromatic nitrogens is 2. The molecule has 0 spiro atoms. The first-order valence-corrected chi connectivity index (χ1v) is 11.7. The molecule has 0 saturated carbocycles. The van der Waals surface area contributed by atoms with Crippen LogP contribution in [0.25, 0.3) is 0 Å². The third kappa shape index (κ3) is 4.34. The van der Waals surface area contributed by atoms with E-state index >= 15 is 0 Å². The van der Waals surface area contributed by atoms with Crippen LogP contribution in [0.5, 0.6) is 0 Å². The third-order valence-corrected chi connectivity index (χ3v) is 7.59. The molecule has 2 fully saturated rings. The van der Waals surface area contributed by atoms with E-state index in [-0.39, 0.29) is 22.5 Å². The number of H-pyrrole nitrogens is 1. The van der Waals surface area contributed by atoms with Gasteiger partial charge in [0, 0.05) is 25.2 Å². The van der Waals surface area contributed by atoms with Gasteiger partial charge in [0.15, 0.2) is 0 Å². The van der Waals surface area contributed by atoms with Crippen LogP contribution in [-0.2, 0) is 14.8 Å². The Balaban J connectivity index is 1.54. The van der Waals surface area contributed by atoms with E-state index < -0.39 is 15.9 Å². The molecule has 166 valence electrons. The molecule has 3 N–H and O–H groups in total. The summed E-state index contributed by atoms with van der Waals surface area (Å²) in [5, 5.41) is 6.74. The number of ether oxygens (including phenoxy) is 1. The minimum atomic E-state index is -3.62. The van der Waals surface area contributed by atoms with Crippen LogP contribution in [0.3, 0.4) is 0 Å². The molecular weight excluding hydrogens is 422 g/mol. The fourth-order valence-corrected chi connectivity index (χ4v) is 5.41. The molecule has 0 radical (unpaired) electrons. The largest absolute Gasteiger partial charge is 0.379 e. The van der Waals surface area contributed by atoms with Crippen LogP contribution in [0.4, 0.5) is 0 Å². The lowest BCUT2D eigenvalue weighted by Gasteiger charge is -2.35. The van der Waals surface area contributed by atoms with Crippen molar-refractivity contribution in [3.8, 4) is 0 Å². The molecule has 10 nitrogen and oxygen atoms in total. The average Bonchev–Trinajstić information content (AvgIpc) is 3.30. The van der Waals surface area contributed by atoms with Gasteiger partial charge < -0.3 is 15.4 Å². The Hall–Kier alpha value is -2.76. The van der Waals surface area contributed by atoms with Crippen molar-refractivity contribution in [2.75, 3.05) is 32.8 Å². The number of amides is 2. The minimum Gasteiger partial charge on any atom is -0.379 e. The minimum absolute atomic E-state index is 0.130. The first kappa shape index (κ1) is 21.5. The molecule has 0 aliphatic carbocycles. The summed E-state index contributed by atoms with van der Waals surface area (Å²) in [6.45, 7) is 1.93. The zero-order chi connectivity index (χ0) is 22.0. The summed E-state index contributed by atoms with van der Waals surface area (Å²) in [5.74, 6) is -0.830. The highest BCUT2D eigenvalue weighted by Gasteiger charge is 2.31. The van der Waals surface area contributed by atoms with Gasteiger partial charge in [-0.2, -0.15) is 9.40 Å². The van der Waals surface area contributed by atoms with Gasteiger partial charge in [-0.25, -0.2) is 8.42 Å². The van der Waals surface area contributed by atoms with Crippen molar-refractivity contribution in [2.24, 2.45) is 5.73 Å². The van der Waals surface area contributed by atoms with E-state index in [4.69, 9.17) is 10.5 Å². The summed E-state index contributed by atoms with van der Waals surface area (Å²) in [7, 11) is -3.62. The quantitative estimate of drug-likeness (QED) is 0.698. The predicted octanol–water partition coefficient (Wildman–Crippen LogP) is 0.897. The van der Waals surface area contributed by atoms with Crippen LogP contribution >= 0.6 is 0 Å². The lowest BCUT2D eigenvalue weighted by molar-refractivity contribution is 0.0606. The highest BCUT2D eigenvalue weighted by molar-refractivity contribution is 7.89. The number of rotatable bonds is 5. The fourth-order valence-electron chi connectivity index (χ4n) is 4.00. The molecule has 31 heavy (non-hydrogen) atoms. The Bertz CT molecular complexity index is 1060. The SMILES string of the molecule is NC(=O)c1cc([C@@H]2CCCCN2C(=O)c2ccc(S(=O)(=O)N3CCOCC3)cc2)[nH]n1. The Labute approximate surface area is 180 Å². The molecule has 1 aromatic carbocycles. The second-order valence-electron chi connectivity index (χ2n) is 7.62. The van der Waals surface area contributed by atoms with Crippen LogP contribution in [0.15, 0.2) is 35.2 Å². The maximum absolute atomic E-state index is 13.2. The van der Waals surface area contributed by atoms with Crippen LogP contribution in [0.2, 0.25) is 0 Å². The average molecular weight is 448 g/mol. The molecular formula is C20H25N5O5S. The summed E-state index contributed by atoms with van der Waals surface area (Å²) >= 11 is 0.